The molecule has 0 saturated carbocycles. The smallest absolute Gasteiger partial charge is 0.243 e. The monoisotopic (exact) mass is 296 g/mol. The van der Waals surface area contributed by atoms with Gasteiger partial charge in [0, 0.05) is 6.54 Å². The van der Waals surface area contributed by atoms with E-state index in [4.69, 9.17) is 0 Å². The molecule has 1 N–H and O–H groups in total. The second-order valence-corrected chi connectivity index (χ2v) is 7.24. The van der Waals surface area contributed by atoms with Crippen LogP contribution in [-0.2, 0) is 4.79 Å². The van der Waals surface area contributed by atoms with Crippen LogP contribution < -0.4 is 5.32 Å². The van der Waals surface area contributed by atoms with Gasteiger partial charge in [-0.05, 0) is 32.1 Å². The molecule has 0 aromatic rings. The van der Waals surface area contributed by atoms with E-state index in [1.165, 1.54) is 32.1 Å². The summed E-state index contributed by atoms with van der Waals surface area (Å²) in [6.45, 7) is 11.8. The molecule has 1 rings (SSSR count). The highest BCUT2D eigenvalue weighted by molar-refractivity contribution is 5.88. The summed E-state index contributed by atoms with van der Waals surface area (Å²) in [5.74, 6) is 0.922. The molecule has 1 fully saturated rings. The first-order valence-corrected chi connectivity index (χ1v) is 9.03. The number of nitrogens with zero attached hydrogens (tertiary/aromatic N) is 1. The van der Waals surface area contributed by atoms with Gasteiger partial charge in [0.2, 0.25) is 5.91 Å². The molecular formula is C18H36N2O. The van der Waals surface area contributed by atoms with Crippen LogP contribution in [0.25, 0.3) is 0 Å². The number of nitrogens with one attached hydrogen (secondary N) is 1. The fraction of sp³-hybridized carbons (Fsp3) is 0.944. The van der Waals surface area contributed by atoms with E-state index in [2.05, 4.69) is 44.8 Å². The Morgan fingerprint density at radius 3 is 2.33 bits per heavy atom. The average Bonchev–Trinajstić information content (AvgIpc) is 2.66. The zero-order valence-electron chi connectivity index (χ0n) is 14.9. The third-order valence-corrected chi connectivity index (χ3v) is 4.75. The van der Waals surface area contributed by atoms with Gasteiger partial charge >= 0.3 is 0 Å². The molecule has 1 saturated heterocycles. The molecule has 0 aromatic carbocycles. The van der Waals surface area contributed by atoms with Gasteiger partial charge < -0.3 is 4.90 Å². The molecule has 0 radical (unpaired) electrons. The summed E-state index contributed by atoms with van der Waals surface area (Å²) in [6, 6.07) is 0. The van der Waals surface area contributed by atoms with Crippen molar-refractivity contribution in [2.24, 2.45) is 5.92 Å². The van der Waals surface area contributed by atoms with E-state index in [-0.39, 0.29) is 11.7 Å². The molecular weight excluding hydrogens is 260 g/mol. The summed E-state index contributed by atoms with van der Waals surface area (Å²) in [5.41, 5.74) is -0.345. The van der Waals surface area contributed by atoms with Crippen molar-refractivity contribution in [2.75, 3.05) is 6.54 Å². The predicted octanol–water partition coefficient (Wildman–Crippen LogP) is 4.32. The molecule has 0 aromatic heterocycles. The minimum atomic E-state index is -0.345. The molecule has 0 bridgehead atoms. The predicted molar refractivity (Wildman–Crippen MR) is 90.2 cm³/mol. The highest BCUT2D eigenvalue weighted by atomic mass is 16.2. The minimum Gasteiger partial charge on any atom is -0.326 e. The van der Waals surface area contributed by atoms with Gasteiger partial charge in [-0.25, -0.2) is 0 Å². The molecule has 3 nitrogen and oxygen atoms in total. The van der Waals surface area contributed by atoms with E-state index in [1.807, 2.05) is 0 Å². The number of carbonyl (C=O) groups is 1. The first-order chi connectivity index (χ1) is 9.94. The third-order valence-electron chi connectivity index (χ3n) is 4.75. The summed E-state index contributed by atoms with van der Waals surface area (Å²) in [7, 11) is 0. The number of rotatable bonds is 10. The number of hydrogen-bond acceptors (Lipinski definition) is 2. The Kier molecular flexibility index (Phi) is 7.72. The Morgan fingerprint density at radius 2 is 1.76 bits per heavy atom. The summed E-state index contributed by atoms with van der Waals surface area (Å²) in [4.78, 5) is 14.8. The highest BCUT2D eigenvalue weighted by Gasteiger charge is 2.46. The molecule has 2 unspecified atom stereocenters. The van der Waals surface area contributed by atoms with Crippen LogP contribution in [0.5, 0.6) is 0 Å². The van der Waals surface area contributed by atoms with Gasteiger partial charge in [-0.15, -0.1) is 0 Å². The number of carbonyl (C=O) groups excluding carboxylic acids is 1. The van der Waals surface area contributed by atoms with Gasteiger partial charge in [-0.1, -0.05) is 59.8 Å². The fourth-order valence-corrected chi connectivity index (χ4v) is 3.17. The van der Waals surface area contributed by atoms with E-state index in [0.29, 0.717) is 11.8 Å². The number of hydrogen-bond donors (Lipinski definition) is 1. The van der Waals surface area contributed by atoms with E-state index in [1.54, 1.807) is 0 Å². The van der Waals surface area contributed by atoms with Crippen molar-refractivity contribution in [3.05, 3.63) is 0 Å². The minimum absolute atomic E-state index is 0.234. The van der Waals surface area contributed by atoms with Crippen LogP contribution in [0, 0.1) is 5.92 Å². The van der Waals surface area contributed by atoms with Gasteiger partial charge in [0.05, 0.1) is 11.7 Å². The zero-order chi connectivity index (χ0) is 15.9. The Balaban J connectivity index is 2.48. The van der Waals surface area contributed by atoms with Gasteiger partial charge in [-0.2, -0.15) is 0 Å². The molecule has 1 amide bonds. The van der Waals surface area contributed by atoms with Crippen molar-refractivity contribution in [3.63, 3.8) is 0 Å². The van der Waals surface area contributed by atoms with Crippen molar-refractivity contribution >= 4 is 5.91 Å². The van der Waals surface area contributed by atoms with Crippen LogP contribution in [0.15, 0.2) is 0 Å². The van der Waals surface area contributed by atoms with E-state index >= 15 is 0 Å². The lowest BCUT2D eigenvalue weighted by molar-refractivity contribution is -0.133. The Hall–Kier alpha value is -0.570. The maximum absolute atomic E-state index is 12.7. The maximum atomic E-state index is 12.7. The largest absolute Gasteiger partial charge is 0.326 e. The normalized spacial score (nSPS) is 26.1. The third kappa shape index (κ3) is 5.28. The van der Waals surface area contributed by atoms with Crippen LogP contribution in [-0.4, -0.2) is 29.1 Å². The molecule has 124 valence electrons. The quantitative estimate of drug-likeness (QED) is 0.609. The lowest BCUT2D eigenvalue weighted by atomic mass is 9.99. The van der Waals surface area contributed by atoms with Gasteiger partial charge in [-0.3, -0.25) is 10.1 Å². The molecule has 1 aliphatic rings. The number of unbranched alkanes of at least 4 members (excludes halogenated alkanes) is 5. The second kappa shape index (κ2) is 8.77. The van der Waals surface area contributed by atoms with Crippen molar-refractivity contribution < 1.29 is 4.79 Å². The van der Waals surface area contributed by atoms with E-state index < -0.39 is 0 Å². The lowest BCUT2D eigenvalue weighted by Gasteiger charge is -2.25. The molecule has 3 heteroatoms. The van der Waals surface area contributed by atoms with E-state index in [0.717, 1.165) is 25.8 Å². The Labute approximate surface area is 131 Å². The van der Waals surface area contributed by atoms with Crippen molar-refractivity contribution in [2.45, 2.75) is 97.7 Å². The molecule has 21 heavy (non-hydrogen) atoms. The SMILES string of the molecule is CCCCCCCCN1C(=O)C(C)(CC)NC1CC(C)C. The van der Waals surface area contributed by atoms with Gasteiger partial charge in [0.15, 0.2) is 0 Å². The van der Waals surface area contributed by atoms with Crippen LogP contribution >= 0.6 is 0 Å². The number of amides is 1. The molecule has 0 aliphatic carbocycles. The fourth-order valence-electron chi connectivity index (χ4n) is 3.17. The molecule has 1 aliphatic heterocycles. The Morgan fingerprint density at radius 1 is 1.14 bits per heavy atom. The van der Waals surface area contributed by atoms with Crippen molar-refractivity contribution in [3.8, 4) is 0 Å². The van der Waals surface area contributed by atoms with Crippen molar-refractivity contribution in [1.29, 1.82) is 0 Å². The van der Waals surface area contributed by atoms with Crippen LogP contribution in [0.4, 0.5) is 0 Å². The van der Waals surface area contributed by atoms with Gasteiger partial charge in [0.25, 0.3) is 0 Å². The van der Waals surface area contributed by atoms with Gasteiger partial charge in [0.1, 0.15) is 0 Å². The highest BCUT2D eigenvalue weighted by Crippen LogP contribution is 2.27. The molecule has 2 atom stereocenters. The van der Waals surface area contributed by atoms with E-state index in [9.17, 15) is 4.79 Å². The second-order valence-electron chi connectivity index (χ2n) is 7.24. The summed E-state index contributed by atoms with van der Waals surface area (Å²) >= 11 is 0. The van der Waals surface area contributed by atoms with Crippen LogP contribution in [0.3, 0.4) is 0 Å². The summed E-state index contributed by atoms with van der Waals surface area (Å²) in [5, 5.41) is 3.59. The summed E-state index contributed by atoms with van der Waals surface area (Å²) < 4.78 is 0. The Bertz CT molecular complexity index is 316. The first kappa shape index (κ1) is 18.5. The topological polar surface area (TPSA) is 32.3 Å². The standard InChI is InChI=1S/C18H36N2O/c1-6-8-9-10-11-12-13-20-16(14-15(3)4)19-18(5,7-2)17(20)21/h15-16,19H,6-14H2,1-5H3. The molecule has 0 spiro atoms. The summed E-state index contributed by atoms with van der Waals surface area (Å²) in [6.07, 6.45) is 9.83. The zero-order valence-corrected chi connectivity index (χ0v) is 14.9. The molecule has 1 heterocycles. The van der Waals surface area contributed by atoms with Crippen LogP contribution in [0.1, 0.15) is 86.0 Å². The average molecular weight is 296 g/mol. The van der Waals surface area contributed by atoms with Crippen LogP contribution in [0.2, 0.25) is 0 Å². The lowest BCUT2D eigenvalue weighted by Crippen LogP contribution is -2.44. The van der Waals surface area contributed by atoms with Crippen molar-refractivity contribution in [1.82, 2.24) is 10.2 Å². The first-order valence-electron chi connectivity index (χ1n) is 9.03. The maximum Gasteiger partial charge on any atom is 0.243 e.